The van der Waals surface area contributed by atoms with E-state index in [9.17, 15) is 0 Å². The summed E-state index contributed by atoms with van der Waals surface area (Å²) < 4.78 is 5.90. The first-order valence-electron chi connectivity index (χ1n) is 10.1. The number of hydrogen-bond acceptors (Lipinski definition) is 5. The number of fused-ring (bicyclic) bond motifs is 1. The molecule has 0 aliphatic carbocycles. The Bertz CT molecular complexity index is 872. The first kappa shape index (κ1) is 18.9. The standard InChI is InChI=1S/C22H29N5O/c1-22(2,3)19-8-9-21(26-25-19)28-15-16-10-12-27(13-11-16)14-20-23-17-6-4-5-7-18(17)24-20/h4-9,16H,10-15H2,1-3H3,(H,23,24). The molecule has 0 spiro atoms. The van der Waals surface area contributed by atoms with Crippen LogP contribution in [0, 0.1) is 5.92 Å². The molecule has 3 aromatic rings. The molecule has 0 unspecified atom stereocenters. The van der Waals surface area contributed by atoms with Gasteiger partial charge in [-0.3, -0.25) is 4.90 Å². The summed E-state index contributed by atoms with van der Waals surface area (Å²) in [6.45, 7) is 10.1. The Morgan fingerprint density at radius 1 is 1.07 bits per heavy atom. The number of rotatable bonds is 5. The van der Waals surface area contributed by atoms with Crippen molar-refractivity contribution in [3.8, 4) is 5.88 Å². The van der Waals surface area contributed by atoms with Gasteiger partial charge in [0.25, 0.3) is 0 Å². The molecule has 1 aliphatic heterocycles. The summed E-state index contributed by atoms with van der Waals surface area (Å²) in [4.78, 5) is 10.6. The fourth-order valence-corrected chi connectivity index (χ4v) is 3.60. The van der Waals surface area contributed by atoms with Gasteiger partial charge in [0, 0.05) is 11.5 Å². The first-order valence-corrected chi connectivity index (χ1v) is 10.1. The molecule has 2 aromatic heterocycles. The van der Waals surface area contributed by atoms with Gasteiger partial charge in [0.15, 0.2) is 0 Å². The number of aromatic amines is 1. The lowest BCUT2D eigenvalue weighted by atomic mass is 9.92. The largest absolute Gasteiger partial charge is 0.476 e. The van der Waals surface area contributed by atoms with E-state index < -0.39 is 0 Å². The van der Waals surface area contributed by atoms with E-state index in [4.69, 9.17) is 4.74 Å². The third-order valence-electron chi connectivity index (χ3n) is 5.39. The van der Waals surface area contributed by atoms with Gasteiger partial charge in [0.1, 0.15) is 5.82 Å². The maximum Gasteiger partial charge on any atom is 0.233 e. The number of likely N-dealkylation sites (tertiary alicyclic amines) is 1. The van der Waals surface area contributed by atoms with E-state index in [-0.39, 0.29) is 5.41 Å². The van der Waals surface area contributed by atoms with Crippen molar-refractivity contribution in [1.29, 1.82) is 0 Å². The highest BCUT2D eigenvalue weighted by molar-refractivity contribution is 5.74. The lowest BCUT2D eigenvalue weighted by Crippen LogP contribution is -2.35. The SMILES string of the molecule is CC(C)(C)c1ccc(OCC2CCN(Cc3nc4ccccc4[nH]3)CC2)nn1. The van der Waals surface area contributed by atoms with Gasteiger partial charge < -0.3 is 9.72 Å². The Hall–Kier alpha value is -2.47. The molecule has 1 aliphatic rings. The molecule has 0 saturated carbocycles. The van der Waals surface area contributed by atoms with Crippen molar-refractivity contribution < 1.29 is 4.74 Å². The van der Waals surface area contributed by atoms with Gasteiger partial charge in [0.05, 0.1) is 29.9 Å². The van der Waals surface area contributed by atoms with Gasteiger partial charge in [-0.25, -0.2) is 4.98 Å². The average molecular weight is 380 g/mol. The highest BCUT2D eigenvalue weighted by atomic mass is 16.5. The number of imidazole rings is 1. The van der Waals surface area contributed by atoms with Crippen LogP contribution in [0.15, 0.2) is 36.4 Å². The van der Waals surface area contributed by atoms with Crippen molar-refractivity contribution in [1.82, 2.24) is 25.1 Å². The number of para-hydroxylation sites is 2. The van der Waals surface area contributed by atoms with Crippen molar-refractivity contribution >= 4 is 11.0 Å². The lowest BCUT2D eigenvalue weighted by molar-refractivity contribution is 0.132. The van der Waals surface area contributed by atoms with E-state index in [0.29, 0.717) is 18.4 Å². The molecule has 1 fully saturated rings. The van der Waals surface area contributed by atoms with Crippen molar-refractivity contribution in [3.05, 3.63) is 47.9 Å². The van der Waals surface area contributed by atoms with Gasteiger partial charge >= 0.3 is 0 Å². The highest BCUT2D eigenvalue weighted by Gasteiger charge is 2.21. The third kappa shape index (κ3) is 4.50. The minimum Gasteiger partial charge on any atom is -0.476 e. The molecule has 1 N–H and O–H groups in total. The maximum absolute atomic E-state index is 5.90. The van der Waals surface area contributed by atoms with Crippen LogP contribution in [-0.2, 0) is 12.0 Å². The molecular weight excluding hydrogens is 350 g/mol. The van der Waals surface area contributed by atoms with E-state index in [1.165, 1.54) is 0 Å². The van der Waals surface area contributed by atoms with Crippen LogP contribution in [0.5, 0.6) is 5.88 Å². The predicted molar refractivity (Wildman–Crippen MR) is 110 cm³/mol. The van der Waals surface area contributed by atoms with Crippen molar-refractivity contribution in [2.45, 2.75) is 45.6 Å². The van der Waals surface area contributed by atoms with Crippen LogP contribution in [0.2, 0.25) is 0 Å². The molecule has 0 amide bonds. The lowest BCUT2D eigenvalue weighted by Gasteiger charge is -2.31. The van der Waals surface area contributed by atoms with Crippen molar-refractivity contribution in [2.24, 2.45) is 5.92 Å². The second kappa shape index (κ2) is 7.87. The number of hydrogen-bond donors (Lipinski definition) is 1. The summed E-state index contributed by atoms with van der Waals surface area (Å²) in [5.74, 6) is 2.24. The molecule has 4 rings (SSSR count). The number of nitrogens with zero attached hydrogens (tertiary/aromatic N) is 4. The van der Waals surface area contributed by atoms with Crippen LogP contribution in [0.1, 0.15) is 45.1 Å². The topological polar surface area (TPSA) is 66.9 Å². The Labute approximate surface area is 166 Å². The molecule has 6 nitrogen and oxygen atoms in total. The van der Waals surface area contributed by atoms with Crippen molar-refractivity contribution in [3.63, 3.8) is 0 Å². The average Bonchev–Trinajstić information content (AvgIpc) is 3.09. The molecule has 0 radical (unpaired) electrons. The van der Waals surface area contributed by atoms with Crippen LogP contribution >= 0.6 is 0 Å². The van der Waals surface area contributed by atoms with Crippen LogP contribution in [0.3, 0.4) is 0 Å². The fraction of sp³-hybridized carbons (Fsp3) is 0.500. The molecule has 28 heavy (non-hydrogen) atoms. The molecule has 1 aromatic carbocycles. The summed E-state index contributed by atoms with van der Waals surface area (Å²) in [6, 6.07) is 12.1. The Kier molecular flexibility index (Phi) is 5.31. The molecule has 0 bridgehead atoms. The number of H-pyrrole nitrogens is 1. The highest BCUT2D eigenvalue weighted by Crippen LogP contribution is 2.22. The van der Waals surface area contributed by atoms with E-state index in [1.54, 1.807) is 0 Å². The van der Waals surface area contributed by atoms with E-state index in [0.717, 1.165) is 55.0 Å². The van der Waals surface area contributed by atoms with Gasteiger partial charge in [0.2, 0.25) is 5.88 Å². The number of nitrogens with one attached hydrogen (secondary N) is 1. The van der Waals surface area contributed by atoms with E-state index in [2.05, 4.69) is 58.0 Å². The van der Waals surface area contributed by atoms with Gasteiger partial charge in [-0.05, 0) is 50.0 Å². The fourth-order valence-electron chi connectivity index (χ4n) is 3.60. The number of aromatic nitrogens is 4. The predicted octanol–water partition coefficient (Wildman–Crippen LogP) is 3.94. The van der Waals surface area contributed by atoms with Crippen molar-refractivity contribution in [2.75, 3.05) is 19.7 Å². The molecule has 148 valence electrons. The normalized spacial score (nSPS) is 16.5. The van der Waals surface area contributed by atoms with Gasteiger partial charge in [-0.1, -0.05) is 32.9 Å². The first-order chi connectivity index (χ1) is 13.5. The zero-order valence-electron chi connectivity index (χ0n) is 17.0. The number of benzene rings is 1. The number of ether oxygens (including phenoxy) is 1. The quantitative estimate of drug-likeness (QED) is 0.727. The second-order valence-corrected chi connectivity index (χ2v) is 8.74. The second-order valence-electron chi connectivity index (χ2n) is 8.74. The van der Waals surface area contributed by atoms with Crippen LogP contribution in [0.4, 0.5) is 0 Å². The maximum atomic E-state index is 5.90. The smallest absolute Gasteiger partial charge is 0.233 e. The molecule has 6 heteroatoms. The summed E-state index contributed by atoms with van der Waals surface area (Å²) in [5.41, 5.74) is 3.15. The summed E-state index contributed by atoms with van der Waals surface area (Å²) in [7, 11) is 0. The Balaban J connectivity index is 1.24. The zero-order chi connectivity index (χ0) is 19.6. The zero-order valence-corrected chi connectivity index (χ0v) is 17.0. The van der Waals surface area contributed by atoms with Crippen LogP contribution in [-0.4, -0.2) is 44.8 Å². The molecule has 3 heterocycles. The minimum atomic E-state index is 0.0121. The monoisotopic (exact) mass is 379 g/mol. The summed E-state index contributed by atoms with van der Waals surface area (Å²) in [6.07, 6.45) is 2.27. The summed E-state index contributed by atoms with van der Waals surface area (Å²) in [5, 5.41) is 8.52. The molecule has 0 atom stereocenters. The van der Waals surface area contributed by atoms with Crippen LogP contribution in [0.25, 0.3) is 11.0 Å². The number of piperidine rings is 1. The Morgan fingerprint density at radius 2 is 1.86 bits per heavy atom. The van der Waals surface area contributed by atoms with Gasteiger partial charge in [-0.15, -0.1) is 5.10 Å². The van der Waals surface area contributed by atoms with Crippen LogP contribution < -0.4 is 4.74 Å². The third-order valence-corrected chi connectivity index (χ3v) is 5.39. The minimum absolute atomic E-state index is 0.0121. The molecular formula is C22H29N5O. The van der Waals surface area contributed by atoms with E-state index in [1.807, 2.05) is 24.3 Å². The van der Waals surface area contributed by atoms with E-state index >= 15 is 0 Å². The van der Waals surface area contributed by atoms with Gasteiger partial charge in [-0.2, -0.15) is 5.10 Å². The molecule has 1 saturated heterocycles. The summed E-state index contributed by atoms with van der Waals surface area (Å²) >= 11 is 0. The Morgan fingerprint density at radius 3 is 2.54 bits per heavy atom.